The van der Waals surface area contributed by atoms with Crippen LogP contribution in [0.1, 0.15) is 19.8 Å². The van der Waals surface area contributed by atoms with Gasteiger partial charge in [0.1, 0.15) is 0 Å². The van der Waals surface area contributed by atoms with E-state index in [9.17, 15) is 8.42 Å². The molecule has 1 aliphatic heterocycles. The Balaban J connectivity index is 2.32. The van der Waals surface area contributed by atoms with Gasteiger partial charge in [-0.05, 0) is 26.4 Å². The number of sulfonamides is 1. The first kappa shape index (κ1) is 14.6. The molecule has 2 N–H and O–H groups in total. The SMILES string of the molecule is CCC1CN(C)CCCN1S(=O)(=O)c1nnc(N)s1. The molecule has 0 saturated carbocycles. The van der Waals surface area contributed by atoms with Crippen LogP contribution in [-0.2, 0) is 10.0 Å². The molecular formula is C10H19N5O2S2. The minimum atomic E-state index is -3.58. The van der Waals surface area contributed by atoms with Crippen molar-refractivity contribution in [2.75, 3.05) is 32.4 Å². The van der Waals surface area contributed by atoms with E-state index in [2.05, 4.69) is 15.1 Å². The van der Waals surface area contributed by atoms with Crippen LogP contribution in [0.2, 0.25) is 0 Å². The average Bonchev–Trinajstić information content (AvgIpc) is 2.69. The molecule has 0 amide bonds. The predicted octanol–water partition coefficient (Wildman–Crippen LogP) is 0.225. The van der Waals surface area contributed by atoms with Gasteiger partial charge in [-0.1, -0.05) is 18.3 Å². The van der Waals surface area contributed by atoms with Gasteiger partial charge in [0.2, 0.25) is 9.47 Å². The van der Waals surface area contributed by atoms with Crippen molar-refractivity contribution in [3.63, 3.8) is 0 Å². The van der Waals surface area contributed by atoms with Gasteiger partial charge < -0.3 is 10.6 Å². The van der Waals surface area contributed by atoms with Gasteiger partial charge in [0, 0.05) is 19.1 Å². The van der Waals surface area contributed by atoms with E-state index in [1.165, 1.54) is 0 Å². The Morgan fingerprint density at radius 3 is 2.74 bits per heavy atom. The second kappa shape index (κ2) is 5.70. The summed E-state index contributed by atoms with van der Waals surface area (Å²) in [5, 5.41) is 7.46. The summed E-state index contributed by atoms with van der Waals surface area (Å²) in [5.41, 5.74) is 5.48. The normalized spacial score (nSPS) is 23.4. The first-order valence-corrected chi connectivity index (χ1v) is 8.50. The number of nitrogens with two attached hydrogens (primary N) is 1. The molecule has 1 atom stereocenters. The van der Waals surface area contributed by atoms with Crippen molar-refractivity contribution < 1.29 is 8.42 Å². The Kier molecular flexibility index (Phi) is 4.39. The van der Waals surface area contributed by atoms with Crippen molar-refractivity contribution in [1.29, 1.82) is 0 Å². The number of anilines is 1. The highest BCUT2D eigenvalue weighted by Gasteiger charge is 2.35. The summed E-state index contributed by atoms with van der Waals surface area (Å²) in [4.78, 5) is 2.16. The van der Waals surface area contributed by atoms with E-state index >= 15 is 0 Å². The monoisotopic (exact) mass is 305 g/mol. The van der Waals surface area contributed by atoms with Gasteiger partial charge in [-0.15, -0.1) is 10.2 Å². The van der Waals surface area contributed by atoms with E-state index in [4.69, 9.17) is 5.73 Å². The van der Waals surface area contributed by atoms with Crippen LogP contribution in [0, 0.1) is 0 Å². The third-order valence-electron chi connectivity index (χ3n) is 3.27. The molecule has 2 heterocycles. The molecule has 2 rings (SSSR count). The van der Waals surface area contributed by atoms with Gasteiger partial charge >= 0.3 is 0 Å². The summed E-state index contributed by atoms with van der Waals surface area (Å²) in [7, 11) is -1.56. The third kappa shape index (κ3) is 3.04. The second-order valence-corrected chi connectivity index (χ2v) is 7.77. The van der Waals surface area contributed by atoms with Crippen LogP contribution in [0.4, 0.5) is 5.13 Å². The largest absolute Gasteiger partial charge is 0.374 e. The van der Waals surface area contributed by atoms with Crippen molar-refractivity contribution >= 4 is 26.5 Å². The number of hydrogen-bond acceptors (Lipinski definition) is 7. The van der Waals surface area contributed by atoms with E-state index in [1.807, 2.05) is 14.0 Å². The lowest BCUT2D eigenvalue weighted by molar-refractivity contribution is 0.270. The Morgan fingerprint density at radius 2 is 2.16 bits per heavy atom. The lowest BCUT2D eigenvalue weighted by Crippen LogP contribution is -2.43. The molecule has 108 valence electrons. The molecule has 1 unspecified atom stereocenters. The molecule has 0 radical (unpaired) electrons. The van der Waals surface area contributed by atoms with Gasteiger partial charge in [0.15, 0.2) is 0 Å². The zero-order chi connectivity index (χ0) is 14.0. The summed E-state index contributed by atoms with van der Waals surface area (Å²) in [6.45, 7) is 4.16. The molecule has 1 saturated heterocycles. The zero-order valence-electron chi connectivity index (χ0n) is 11.1. The fourth-order valence-electron chi connectivity index (χ4n) is 2.30. The lowest BCUT2D eigenvalue weighted by atomic mass is 10.2. The molecule has 9 heteroatoms. The van der Waals surface area contributed by atoms with E-state index in [0.29, 0.717) is 6.54 Å². The van der Waals surface area contributed by atoms with E-state index < -0.39 is 10.0 Å². The maximum absolute atomic E-state index is 12.6. The van der Waals surface area contributed by atoms with Crippen LogP contribution in [0.15, 0.2) is 4.34 Å². The number of likely N-dealkylation sites (N-methyl/N-ethyl adjacent to an activating group) is 1. The topological polar surface area (TPSA) is 92.4 Å². The van der Waals surface area contributed by atoms with Gasteiger partial charge in [-0.25, -0.2) is 8.42 Å². The molecule has 1 fully saturated rings. The minimum absolute atomic E-state index is 0.00648. The number of aromatic nitrogens is 2. The van der Waals surface area contributed by atoms with Crippen LogP contribution in [-0.4, -0.2) is 60.5 Å². The Labute approximate surface area is 117 Å². The first-order chi connectivity index (χ1) is 8.95. The maximum Gasteiger partial charge on any atom is 0.272 e. The molecule has 7 nitrogen and oxygen atoms in total. The van der Waals surface area contributed by atoms with Crippen molar-refractivity contribution in [3.8, 4) is 0 Å². The average molecular weight is 305 g/mol. The van der Waals surface area contributed by atoms with E-state index in [0.717, 1.165) is 37.3 Å². The van der Waals surface area contributed by atoms with Gasteiger partial charge in [-0.3, -0.25) is 0 Å². The number of hydrogen-bond donors (Lipinski definition) is 1. The molecular weight excluding hydrogens is 286 g/mol. The minimum Gasteiger partial charge on any atom is -0.374 e. The van der Waals surface area contributed by atoms with Crippen LogP contribution in [0.3, 0.4) is 0 Å². The zero-order valence-corrected chi connectivity index (χ0v) is 12.7. The summed E-state index contributed by atoms with van der Waals surface area (Å²) in [6.07, 6.45) is 1.60. The molecule has 1 aromatic rings. The molecule has 0 aromatic carbocycles. The first-order valence-electron chi connectivity index (χ1n) is 6.24. The van der Waals surface area contributed by atoms with Crippen LogP contribution >= 0.6 is 11.3 Å². The summed E-state index contributed by atoms with van der Waals surface area (Å²) in [6, 6.07) is -0.0253. The predicted molar refractivity (Wildman–Crippen MR) is 74.4 cm³/mol. The summed E-state index contributed by atoms with van der Waals surface area (Å²) < 4.78 is 26.7. The van der Waals surface area contributed by atoms with Crippen LogP contribution < -0.4 is 5.73 Å². The number of nitrogens with zero attached hydrogens (tertiary/aromatic N) is 4. The molecule has 0 bridgehead atoms. The molecule has 1 aromatic heterocycles. The van der Waals surface area contributed by atoms with Gasteiger partial charge in [0.25, 0.3) is 10.0 Å². The fraction of sp³-hybridized carbons (Fsp3) is 0.800. The quantitative estimate of drug-likeness (QED) is 0.859. The Hall–Kier alpha value is -0.770. The standard InChI is InChI=1S/C10H19N5O2S2/c1-3-8-7-14(2)5-4-6-15(8)19(16,17)10-13-12-9(11)18-10/h8H,3-7H2,1-2H3,(H2,11,12). The number of nitrogen functional groups attached to an aromatic ring is 1. The van der Waals surface area contributed by atoms with Crippen molar-refractivity contribution in [2.24, 2.45) is 0 Å². The van der Waals surface area contributed by atoms with E-state index in [-0.39, 0.29) is 15.5 Å². The Morgan fingerprint density at radius 1 is 1.42 bits per heavy atom. The van der Waals surface area contributed by atoms with Crippen molar-refractivity contribution in [2.45, 2.75) is 30.1 Å². The number of rotatable bonds is 3. The van der Waals surface area contributed by atoms with Crippen molar-refractivity contribution in [1.82, 2.24) is 19.4 Å². The van der Waals surface area contributed by atoms with Gasteiger partial charge in [0.05, 0.1) is 0 Å². The highest BCUT2D eigenvalue weighted by molar-refractivity contribution is 7.91. The smallest absolute Gasteiger partial charge is 0.272 e. The molecule has 19 heavy (non-hydrogen) atoms. The molecule has 0 aliphatic carbocycles. The van der Waals surface area contributed by atoms with Crippen molar-refractivity contribution in [3.05, 3.63) is 0 Å². The highest BCUT2D eigenvalue weighted by atomic mass is 32.2. The maximum atomic E-state index is 12.6. The van der Waals surface area contributed by atoms with Gasteiger partial charge in [-0.2, -0.15) is 4.31 Å². The second-order valence-electron chi connectivity index (χ2n) is 4.70. The van der Waals surface area contributed by atoms with Crippen LogP contribution in [0.5, 0.6) is 0 Å². The summed E-state index contributed by atoms with van der Waals surface area (Å²) in [5.74, 6) is 0. The fourth-order valence-corrected chi connectivity index (χ4v) is 4.92. The van der Waals surface area contributed by atoms with Crippen LogP contribution in [0.25, 0.3) is 0 Å². The molecule has 1 aliphatic rings. The highest BCUT2D eigenvalue weighted by Crippen LogP contribution is 2.25. The Bertz CT molecular complexity index is 530. The van der Waals surface area contributed by atoms with E-state index in [1.54, 1.807) is 4.31 Å². The lowest BCUT2D eigenvalue weighted by Gasteiger charge is -2.28. The summed E-state index contributed by atoms with van der Waals surface area (Å²) >= 11 is 0.921. The third-order valence-corrected chi connectivity index (χ3v) is 6.32. The molecule has 0 spiro atoms.